The van der Waals surface area contributed by atoms with Crippen molar-refractivity contribution in [1.29, 1.82) is 0 Å². The molecule has 0 saturated carbocycles. The van der Waals surface area contributed by atoms with Gasteiger partial charge in [-0.25, -0.2) is 0 Å². The van der Waals surface area contributed by atoms with Crippen molar-refractivity contribution in [1.82, 2.24) is 14.8 Å². The van der Waals surface area contributed by atoms with Crippen molar-refractivity contribution >= 4 is 23.4 Å². The summed E-state index contributed by atoms with van der Waals surface area (Å²) in [6.45, 7) is 13.1. The number of nitrogens with zero attached hydrogens (tertiary/aromatic N) is 3. The number of carbonyl (C=O) groups is 1. The van der Waals surface area contributed by atoms with Gasteiger partial charge in [-0.05, 0) is 62.6 Å². The molecule has 0 bridgehead atoms. The maximum absolute atomic E-state index is 12.5. The second-order valence-electron chi connectivity index (χ2n) is 7.55. The molecule has 0 fully saturated rings. The second-order valence-corrected chi connectivity index (χ2v) is 8.50. The van der Waals surface area contributed by atoms with E-state index in [9.17, 15) is 4.79 Å². The Bertz CT molecular complexity index is 1130. The molecule has 3 aromatic rings. The number of benzene rings is 2. The zero-order valence-electron chi connectivity index (χ0n) is 19.6. The third-order valence-electron chi connectivity index (χ3n) is 5.07. The van der Waals surface area contributed by atoms with Crippen LogP contribution >= 0.6 is 11.8 Å². The number of allylic oxidation sites excluding steroid dienone is 1. The Morgan fingerprint density at radius 3 is 2.73 bits per heavy atom. The summed E-state index contributed by atoms with van der Waals surface area (Å²) in [5.74, 6) is 2.12. The number of hydrogen-bond acceptors (Lipinski definition) is 6. The normalized spacial score (nSPS) is 10.7. The van der Waals surface area contributed by atoms with Crippen molar-refractivity contribution in [2.24, 2.45) is 0 Å². The second kappa shape index (κ2) is 11.6. The first-order chi connectivity index (χ1) is 15.9. The number of carbonyl (C=O) groups excluding carboxylic acids is 1. The molecular weight excluding hydrogens is 436 g/mol. The van der Waals surface area contributed by atoms with Gasteiger partial charge in [-0.15, -0.1) is 16.8 Å². The van der Waals surface area contributed by atoms with Crippen LogP contribution in [0.1, 0.15) is 29.4 Å². The van der Waals surface area contributed by atoms with Gasteiger partial charge in [-0.3, -0.25) is 9.36 Å². The molecule has 1 aromatic heterocycles. The third-order valence-corrected chi connectivity index (χ3v) is 6.04. The summed E-state index contributed by atoms with van der Waals surface area (Å²) in [5.41, 5.74) is 4.12. The van der Waals surface area contributed by atoms with Crippen molar-refractivity contribution in [3.05, 3.63) is 71.6 Å². The number of rotatable bonds is 11. The fourth-order valence-electron chi connectivity index (χ4n) is 3.19. The molecule has 1 heterocycles. The van der Waals surface area contributed by atoms with Crippen molar-refractivity contribution in [3.8, 4) is 11.5 Å². The summed E-state index contributed by atoms with van der Waals surface area (Å²) in [6.07, 6.45) is 1.77. The Labute approximate surface area is 199 Å². The number of aryl methyl sites for hydroxylation is 2. The van der Waals surface area contributed by atoms with E-state index in [2.05, 4.69) is 22.1 Å². The molecule has 0 aliphatic heterocycles. The molecule has 33 heavy (non-hydrogen) atoms. The van der Waals surface area contributed by atoms with Crippen LogP contribution in [0.2, 0.25) is 0 Å². The first kappa shape index (κ1) is 24.4. The van der Waals surface area contributed by atoms with Gasteiger partial charge in [0.1, 0.15) is 6.61 Å². The molecule has 0 spiro atoms. The summed E-state index contributed by atoms with van der Waals surface area (Å²) in [7, 11) is 0. The van der Waals surface area contributed by atoms with Crippen LogP contribution in [0.5, 0.6) is 11.5 Å². The number of nitrogens with one attached hydrogen (secondary N) is 1. The highest BCUT2D eigenvalue weighted by Crippen LogP contribution is 2.29. The Morgan fingerprint density at radius 2 is 1.97 bits per heavy atom. The van der Waals surface area contributed by atoms with Crippen LogP contribution in [0.25, 0.3) is 0 Å². The van der Waals surface area contributed by atoms with Crippen LogP contribution in [0.3, 0.4) is 0 Å². The smallest absolute Gasteiger partial charge is 0.234 e. The Hall–Kier alpha value is -3.26. The van der Waals surface area contributed by atoms with E-state index in [0.717, 1.165) is 22.4 Å². The highest BCUT2D eigenvalue weighted by molar-refractivity contribution is 7.99. The Balaban J connectivity index is 1.66. The molecule has 0 unspecified atom stereocenters. The van der Waals surface area contributed by atoms with E-state index in [-0.39, 0.29) is 18.3 Å². The fraction of sp³-hybridized carbons (Fsp3) is 0.320. The molecule has 0 atom stereocenters. The van der Waals surface area contributed by atoms with Gasteiger partial charge in [0.05, 0.1) is 12.4 Å². The number of aromatic nitrogens is 3. The topological polar surface area (TPSA) is 78.3 Å². The van der Waals surface area contributed by atoms with Crippen molar-refractivity contribution in [2.45, 2.75) is 46.0 Å². The average Bonchev–Trinajstić information content (AvgIpc) is 3.17. The number of thioether (sulfide) groups is 1. The van der Waals surface area contributed by atoms with Crippen LogP contribution in [0, 0.1) is 20.8 Å². The van der Waals surface area contributed by atoms with E-state index in [1.54, 1.807) is 6.08 Å². The fourth-order valence-corrected chi connectivity index (χ4v) is 3.96. The van der Waals surface area contributed by atoms with Crippen molar-refractivity contribution in [3.63, 3.8) is 0 Å². The molecule has 8 heteroatoms. The largest absolute Gasteiger partial charge is 0.490 e. The summed E-state index contributed by atoms with van der Waals surface area (Å²) in [4.78, 5) is 12.5. The summed E-state index contributed by atoms with van der Waals surface area (Å²) >= 11 is 1.33. The van der Waals surface area contributed by atoms with E-state index in [1.165, 1.54) is 11.8 Å². The van der Waals surface area contributed by atoms with E-state index in [0.29, 0.717) is 35.6 Å². The van der Waals surface area contributed by atoms with Gasteiger partial charge in [-0.2, -0.15) is 0 Å². The molecule has 3 rings (SSSR count). The van der Waals surface area contributed by atoms with Gasteiger partial charge in [0.25, 0.3) is 0 Å². The summed E-state index contributed by atoms with van der Waals surface area (Å²) < 4.78 is 13.6. The number of anilines is 1. The van der Waals surface area contributed by atoms with Crippen LogP contribution in [0.15, 0.2) is 54.2 Å². The molecule has 0 saturated heterocycles. The summed E-state index contributed by atoms with van der Waals surface area (Å²) in [6, 6.07) is 11.7. The van der Waals surface area contributed by atoms with Gasteiger partial charge in [0.2, 0.25) is 5.91 Å². The predicted octanol–water partition coefficient (Wildman–Crippen LogP) is 5.10. The van der Waals surface area contributed by atoms with Crippen LogP contribution in [-0.4, -0.2) is 33.0 Å². The van der Waals surface area contributed by atoms with Crippen LogP contribution < -0.4 is 14.8 Å². The van der Waals surface area contributed by atoms with Gasteiger partial charge in [0.15, 0.2) is 22.5 Å². The van der Waals surface area contributed by atoms with Gasteiger partial charge in [-0.1, -0.05) is 36.0 Å². The van der Waals surface area contributed by atoms with Crippen LogP contribution in [0.4, 0.5) is 5.69 Å². The molecule has 174 valence electrons. The number of hydrogen-bond donors (Lipinski definition) is 1. The predicted molar refractivity (Wildman–Crippen MR) is 132 cm³/mol. The molecule has 0 aliphatic carbocycles. The molecular formula is C25H30N4O3S. The Kier molecular flexibility index (Phi) is 8.54. The minimum atomic E-state index is -0.0966. The van der Waals surface area contributed by atoms with Gasteiger partial charge < -0.3 is 14.8 Å². The molecule has 0 radical (unpaired) electrons. The first-order valence-electron chi connectivity index (χ1n) is 10.8. The zero-order valence-corrected chi connectivity index (χ0v) is 20.4. The zero-order chi connectivity index (χ0) is 23.8. The lowest BCUT2D eigenvalue weighted by atomic mass is 10.1. The highest BCUT2D eigenvalue weighted by Gasteiger charge is 2.16. The Morgan fingerprint density at radius 1 is 1.15 bits per heavy atom. The maximum Gasteiger partial charge on any atom is 0.234 e. The number of amides is 1. The quantitative estimate of drug-likeness (QED) is 0.313. The first-order valence-corrected chi connectivity index (χ1v) is 11.8. The van der Waals surface area contributed by atoms with Crippen LogP contribution in [-0.2, 0) is 17.9 Å². The van der Waals surface area contributed by atoms with E-state index < -0.39 is 0 Å². The molecule has 1 amide bonds. The molecule has 7 nitrogen and oxygen atoms in total. The third kappa shape index (κ3) is 6.38. The SMILES string of the molecule is C=CCn1c(COc2ccc(C)cc2OCC)nnc1SCC(=O)Nc1cccc(C)c1C. The number of ether oxygens (including phenoxy) is 2. The van der Waals surface area contributed by atoms with E-state index >= 15 is 0 Å². The lowest BCUT2D eigenvalue weighted by Crippen LogP contribution is -2.16. The monoisotopic (exact) mass is 466 g/mol. The van der Waals surface area contributed by atoms with Crippen molar-refractivity contribution in [2.75, 3.05) is 17.7 Å². The van der Waals surface area contributed by atoms with Crippen molar-refractivity contribution < 1.29 is 14.3 Å². The lowest BCUT2D eigenvalue weighted by molar-refractivity contribution is -0.113. The molecule has 1 N–H and O–H groups in total. The van der Waals surface area contributed by atoms with Gasteiger partial charge >= 0.3 is 0 Å². The molecule has 0 aliphatic rings. The average molecular weight is 467 g/mol. The minimum absolute atomic E-state index is 0.0966. The van der Waals surface area contributed by atoms with E-state index in [4.69, 9.17) is 9.47 Å². The van der Waals surface area contributed by atoms with E-state index in [1.807, 2.05) is 68.7 Å². The highest BCUT2D eigenvalue weighted by atomic mass is 32.2. The standard InChI is InChI=1S/C25H30N4O3S/c1-6-13-29-23(15-32-21-12-11-17(3)14-22(21)31-7-2)27-28-25(29)33-16-24(30)26-20-10-8-9-18(4)19(20)5/h6,8-12,14H,1,7,13,15-16H2,2-5H3,(H,26,30). The minimum Gasteiger partial charge on any atom is -0.490 e. The van der Waals surface area contributed by atoms with Gasteiger partial charge in [0, 0.05) is 12.2 Å². The maximum atomic E-state index is 12.5. The molecule has 2 aromatic carbocycles. The summed E-state index contributed by atoms with van der Waals surface area (Å²) in [5, 5.41) is 12.2. The lowest BCUT2D eigenvalue weighted by Gasteiger charge is -2.13.